The molecule has 1 saturated carbocycles. The van der Waals surface area contributed by atoms with Crippen LogP contribution in [0, 0.1) is 5.41 Å². The Morgan fingerprint density at radius 1 is 1.38 bits per heavy atom. The van der Waals surface area contributed by atoms with Crippen LogP contribution < -0.4 is 0 Å². The van der Waals surface area contributed by atoms with E-state index < -0.39 is 9.84 Å². The molecule has 0 aromatic rings. The highest BCUT2D eigenvalue weighted by atomic mass is 35.5. The van der Waals surface area contributed by atoms with Crippen molar-refractivity contribution in [3.8, 4) is 0 Å². The van der Waals surface area contributed by atoms with E-state index in [2.05, 4.69) is 0 Å². The summed E-state index contributed by atoms with van der Waals surface area (Å²) >= 11 is 5.79. The molecule has 1 fully saturated rings. The molecule has 0 radical (unpaired) electrons. The van der Waals surface area contributed by atoms with E-state index in [1.54, 1.807) is 6.92 Å². The van der Waals surface area contributed by atoms with Crippen LogP contribution in [0.4, 0.5) is 0 Å². The Bertz CT molecular complexity index is 255. The predicted octanol–water partition coefficient (Wildman–Crippen LogP) is 2.22. The predicted molar refractivity (Wildman–Crippen MR) is 55.9 cm³/mol. The Labute approximate surface area is 85.6 Å². The summed E-state index contributed by atoms with van der Waals surface area (Å²) in [5.41, 5.74) is 0.310. The van der Waals surface area contributed by atoms with Gasteiger partial charge in [-0.05, 0) is 31.1 Å². The van der Waals surface area contributed by atoms with E-state index >= 15 is 0 Å². The first kappa shape index (κ1) is 11.3. The lowest BCUT2D eigenvalue weighted by molar-refractivity contribution is 0.512. The summed E-state index contributed by atoms with van der Waals surface area (Å²) in [5.74, 6) is 1.29. The smallest absolute Gasteiger partial charge is 0.150 e. The zero-order valence-corrected chi connectivity index (χ0v) is 9.62. The van der Waals surface area contributed by atoms with Crippen molar-refractivity contribution >= 4 is 21.4 Å². The van der Waals surface area contributed by atoms with Crippen molar-refractivity contribution in [2.24, 2.45) is 5.41 Å². The van der Waals surface area contributed by atoms with E-state index in [-0.39, 0.29) is 5.75 Å². The molecular formula is C9H17ClO2S. The van der Waals surface area contributed by atoms with Gasteiger partial charge in [-0.3, -0.25) is 0 Å². The van der Waals surface area contributed by atoms with E-state index in [1.807, 2.05) is 0 Å². The fraction of sp³-hybridized carbons (Fsp3) is 1.00. The molecule has 13 heavy (non-hydrogen) atoms. The van der Waals surface area contributed by atoms with Gasteiger partial charge in [0.25, 0.3) is 0 Å². The molecule has 2 nitrogen and oxygen atoms in total. The largest absolute Gasteiger partial charge is 0.229 e. The molecule has 0 aromatic carbocycles. The van der Waals surface area contributed by atoms with E-state index in [9.17, 15) is 8.42 Å². The molecule has 0 saturated heterocycles. The lowest BCUT2D eigenvalue weighted by Gasteiger charge is -2.09. The zero-order chi connectivity index (χ0) is 9.95. The van der Waals surface area contributed by atoms with Crippen molar-refractivity contribution in [3.05, 3.63) is 0 Å². The Balaban J connectivity index is 2.21. The number of sulfone groups is 1. The molecule has 0 spiro atoms. The maximum Gasteiger partial charge on any atom is 0.150 e. The van der Waals surface area contributed by atoms with Gasteiger partial charge in [-0.1, -0.05) is 6.92 Å². The van der Waals surface area contributed by atoms with Crippen molar-refractivity contribution in [1.29, 1.82) is 0 Å². The van der Waals surface area contributed by atoms with Gasteiger partial charge >= 0.3 is 0 Å². The molecule has 1 rings (SSSR count). The van der Waals surface area contributed by atoms with Gasteiger partial charge in [0.2, 0.25) is 0 Å². The van der Waals surface area contributed by atoms with E-state index in [1.165, 1.54) is 12.8 Å². The minimum Gasteiger partial charge on any atom is -0.229 e. The van der Waals surface area contributed by atoms with Crippen LogP contribution in [-0.2, 0) is 9.84 Å². The summed E-state index contributed by atoms with van der Waals surface area (Å²) in [6, 6.07) is 0. The lowest BCUT2D eigenvalue weighted by Crippen LogP contribution is -2.11. The third kappa shape index (κ3) is 3.47. The van der Waals surface area contributed by atoms with Crippen LogP contribution in [0.15, 0.2) is 0 Å². The highest BCUT2D eigenvalue weighted by Gasteiger charge is 2.40. The second-order valence-electron chi connectivity index (χ2n) is 3.97. The van der Waals surface area contributed by atoms with Crippen molar-refractivity contribution in [2.45, 2.75) is 32.6 Å². The third-order valence-corrected chi connectivity index (χ3v) is 5.20. The van der Waals surface area contributed by atoms with Crippen molar-refractivity contribution in [1.82, 2.24) is 0 Å². The maximum absolute atomic E-state index is 11.2. The minimum atomic E-state index is -2.77. The van der Waals surface area contributed by atoms with Crippen LogP contribution in [0.25, 0.3) is 0 Å². The van der Waals surface area contributed by atoms with Gasteiger partial charge in [0.1, 0.15) is 9.84 Å². The quantitative estimate of drug-likeness (QED) is 0.649. The molecule has 0 heterocycles. The van der Waals surface area contributed by atoms with E-state index in [0.29, 0.717) is 17.0 Å². The summed E-state index contributed by atoms with van der Waals surface area (Å²) in [5, 5.41) is 0. The average molecular weight is 225 g/mol. The van der Waals surface area contributed by atoms with Crippen LogP contribution in [0.2, 0.25) is 0 Å². The summed E-state index contributed by atoms with van der Waals surface area (Å²) in [6.45, 7) is 1.70. The van der Waals surface area contributed by atoms with Gasteiger partial charge in [-0.15, -0.1) is 11.6 Å². The van der Waals surface area contributed by atoms with Crippen LogP contribution in [-0.4, -0.2) is 25.8 Å². The second-order valence-corrected chi connectivity index (χ2v) is 6.71. The lowest BCUT2D eigenvalue weighted by atomic mass is 10.0. The molecule has 0 aliphatic heterocycles. The molecule has 1 aliphatic carbocycles. The fourth-order valence-electron chi connectivity index (χ4n) is 1.44. The second kappa shape index (κ2) is 4.18. The molecule has 1 aliphatic rings. The van der Waals surface area contributed by atoms with Crippen LogP contribution in [0.5, 0.6) is 0 Å². The van der Waals surface area contributed by atoms with Crippen LogP contribution >= 0.6 is 11.6 Å². The molecule has 78 valence electrons. The van der Waals surface area contributed by atoms with Crippen molar-refractivity contribution in [3.63, 3.8) is 0 Å². The first-order chi connectivity index (χ1) is 6.04. The van der Waals surface area contributed by atoms with Crippen LogP contribution in [0.1, 0.15) is 32.6 Å². The summed E-state index contributed by atoms with van der Waals surface area (Å²) < 4.78 is 22.3. The standard InChI is InChI=1S/C9H17ClO2S/c1-2-13(11,12)7-3-4-9(8-10)5-6-9/h2-8H2,1H3. The Hall–Kier alpha value is 0.240. The summed E-state index contributed by atoms with van der Waals surface area (Å²) in [7, 11) is -2.77. The number of halogens is 1. The summed E-state index contributed by atoms with van der Waals surface area (Å²) in [6.07, 6.45) is 4.13. The van der Waals surface area contributed by atoms with Gasteiger partial charge < -0.3 is 0 Å². The first-order valence-corrected chi connectivity index (χ1v) is 7.16. The van der Waals surface area contributed by atoms with Gasteiger partial charge in [-0.25, -0.2) is 8.42 Å². The van der Waals surface area contributed by atoms with Gasteiger partial charge in [0, 0.05) is 11.6 Å². The highest BCUT2D eigenvalue weighted by molar-refractivity contribution is 7.91. The third-order valence-electron chi connectivity index (χ3n) is 2.84. The van der Waals surface area contributed by atoms with Gasteiger partial charge in [0.05, 0.1) is 5.75 Å². The monoisotopic (exact) mass is 224 g/mol. The van der Waals surface area contributed by atoms with Crippen LogP contribution in [0.3, 0.4) is 0 Å². The molecule has 0 N–H and O–H groups in total. The topological polar surface area (TPSA) is 34.1 Å². The van der Waals surface area contributed by atoms with E-state index in [0.717, 1.165) is 12.8 Å². The SMILES string of the molecule is CCS(=O)(=O)CCCC1(CCl)CC1. The molecule has 0 amide bonds. The van der Waals surface area contributed by atoms with Crippen molar-refractivity contribution in [2.75, 3.05) is 17.4 Å². The van der Waals surface area contributed by atoms with Gasteiger partial charge in [0.15, 0.2) is 0 Å². The first-order valence-electron chi connectivity index (χ1n) is 4.80. The molecule has 0 atom stereocenters. The Morgan fingerprint density at radius 3 is 2.38 bits per heavy atom. The molecule has 0 aromatic heterocycles. The minimum absolute atomic E-state index is 0.265. The number of rotatable bonds is 6. The highest BCUT2D eigenvalue weighted by Crippen LogP contribution is 2.50. The van der Waals surface area contributed by atoms with E-state index in [4.69, 9.17) is 11.6 Å². The number of alkyl halides is 1. The average Bonchev–Trinajstić information content (AvgIpc) is 2.85. The zero-order valence-electron chi connectivity index (χ0n) is 8.05. The molecule has 0 unspecified atom stereocenters. The van der Waals surface area contributed by atoms with Gasteiger partial charge in [-0.2, -0.15) is 0 Å². The maximum atomic E-state index is 11.2. The number of hydrogen-bond acceptors (Lipinski definition) is 2. The summed E-state index contributed by atoms with van der Waals surface area (Å²) in [4.78, 5) is 0. The number of hydrogen-bond donors (Lipinski definition) is 0. The molecular weight excluding hydrogens is 208 g/mol. The molecule has 4 heteroatoms. The normalized spacial score (nSPS) is 20.2. The fourth-order valence-corrected chi connectivity index (χ4v) is 2.71. The Kier molecular flexibility index (Phi) is 3.64. The molecule has 0 bridgehead atoms. The Morgan fingerprint density at radius 2 is 2.00 bits per heavy atom. The van der Waals surface area contributed by atoms with Crippen molar-refractivity contribution < 1.29 is 8.42 Å².